The third-order valence-corrected chi connectivity index (χ3v) is 4.50. The van der Waals surface area contributed by atoms with Crippen LogP contribution in [0.15, 0.2) is 0 Å². The summed E-state index contributed by atoms with van der Waals surface area (Å²) in [5.74, 6) is -0.0774. The van der Waals surface area contributed by atoms with Gasteiger partial charge in [0.15, 0.2) is 0 Å². The van der Waals surface area contributed by atoms with Crippen LogP contribution < -0.4 is 5.32 Å². The summed E-state index contributed by atoms with van der Waals surface area (Å²) in [5.41, 5.74) is 0. The largest absolute Gasteiger partial charge is 0.355 e. The monoisotopic (exact) mass is 220 g/mol. The minimum Gasteiger partial charge on any atom is -0.355 e. The van der Waals surface area contributed by atoms with Crippen molar-refractivity contribution in [1.82, 2.24) is 9.62 Å². The Hall–Kier alpha value is -0.620. The fraction of sp³-hybridized carbons (Fsp3) is 0.875. The van der Waals surface area contributed by atoms with E-state index in [0.717, 1.165) is 0 Å². The second kappa shape index (κ2) is 4.27. The Kier molecular flexibility index (Phi) is 3.49. The molecule has 0 aromatic carbocycles. The van der Waals surface area contributed by atoms with Crippen molar-refractivity contribution in [1.29, 1.82) is 0 Å². The first kappa shape index (κ1) is 11.5. The van der Waals surface area contributed by atoms with E-state index >= 15 is 0 Å². The minimum absolute atomic E-state index is 0.0774. The predicted octanol–water partition coefficient (Wildman–Crippen LogP) is -0.453. The van der Waals surface area contributed by atoms with Crippen LogP contribution in [0.4, 0.5) is 0 Å². The van der Waals surface area contributed by atoms with E-state index in [1.165, 1.54) is 4.31 Å². The number of amides is 1. The summed E-state index contributed by atoms with van der Waals surface area (Å²) in [5, 5.41) is 2.22. The molecule has 82 valence electrons. The Morgan fingerprint density at radius 2 is 2.00 bits per heavy atom. The summed E-state index contributed by atoms with van der Waals surface area (Å²) < 4.78 is 24.8. The van der Waals surface area contributed by atoms with Crippen molar-refractivity contribution in [2.24, 2.45) is 0 Å². The molecular formula is C8H16N2O3S. The van der Waals surface area contributed by atoms with Crippen LogP contribution in [0.5, 0.6) is 0 Å². The Morgan fingerprint density at radius 3 is 2.57 bits per heavy atom. The normalized spacial score (nSPS) is 20.6. The number of hydrogen-bond donors (Lipinski definition) is 1. The topological polar surface area (TPSA) is 66.5 Å². The van der Waals surface area contributed by atoms with E-state index < -0.39 is 15.3 Å². The summed E-state index contributed by atoms with van der Waals surface area (Å²) in [6.45, 7) is 4.38. The van der Waals surface area contributed by atoms with E-state index in [0.29, 0.717) is 19.6 Å². The van der Waals surface area contributed by atoms with E-state index in [2.05, 4.69) is 5.32 Å². The van der Waals surface area contributed by atoms with Crippen LogP contribution in [0, 0.1) is 0 Å². The van der Waals surface area contributed by atoms with Crippen LogP contribution >= 0.6 is 0 Å². The molecule has 1 heterocycles. The number of hydrogen-bond acceptors (Lipinski definition) is 3. The van der Waals surface area contributed by atoms with Crippen LogP contribution in [0.1, 0.15) is 20.3 Å². The molecule has 0 aromatic heterocycles. The van der Waals surface area contributed by atoms with Crippen LogP contribution in [0.2, 0.25) is 0 Å². The molecule has 1 aliphatic rings. The molecule has 0 aromatic rings. The molecule has 0 atom stereocenters. The van der Waals surface area contributed by atoms with Gasteiger partial charge in [0.05, 0.1) is 5.25 Å². The Bertz CT molecular complexity index is 311. The first-order valence-corrected chi connectivity index (χ1v) is 6.20. The molecule has 1 fully saturated rings. The number of nitrogens with one attached hydrogen (secondary N) is 1. The summed E-state index contributed by atoms with van der Waals surface area (Å²) in [6.07, 6.45) is 0.256. The van der Waals surface area contributed by atoms with Gasteiger partial charge in [0.2, 0.25) is 15.9 Å². The number of sulfonamides is 1. The first-order chi connectivity index (χ1) is 6.44. The lowest BCUT2D eigenvalue weighted by Crippen LogP contribution is -2.38. The highest BCUT2D eigenvalue weighted by Gasteiger charge is 2.27. The predicted molar refractivity (Wildman–Crippen MR) is 53.3 cm³/mol. The Labute approximate surface area is 84.5 Å². The minimum atomic E-state index is -3.21. The summed E-state index contributed by atoms with van der Waals surface area (Å²) in [4.78, 5) is 11.0. The van der Waals surface area contributed by atoms with E-state index in [4.69, 9.17) is 0 Å². The molecule has 0 radical (unpaired) electrons. The highest BCUT2D eigenvalue weighted by Crippen LogP contribution is 2.10. The maximum Gasteiger partial charge on any atom is 0.221 e. The molecule has 1 amide bonds. The maximum atomic E-state index is 11.7. The van der Waals surface area contributed by atoms with Gasteiger partial charge in [-0.15, -0.1) is 0 Å². The molecule has 14 heavy (non-hydrogen) atoms. The quantitative estimate of drug-likeness (QED) is 0.685. The van der Waals surface area contributed by atoms with Gasteiger partial charge in [0.25, 0.3) is 0 Å². The van der Waals surface area contributed by atoms with Crippen molar-refractivity contribution in [3.63, 3.8) is 0 Å². The third kappa shape index (κ3) is 2.45. The zero-order valence-electron chi connectivity index (χ0n) is 8.49. The fourth-order valence-corrected chi connectivity index (χ4v) is 2.59. The molecule has 1 saturated heterocycles. The maximum absolute atomic E-state index is 11.7. The lowest BCUT2D eigenvalue weighted by Gasteiger charge is -2.21. The van der Waals surface area contributed by atoms with Crippen molar-refractivity contribution in [3.8, 4) is 0 Å². The molecule has 1 rings (SSSR count). The fourth-order valence-electron chi connectivity index (χ4n) is 1.30. The van der Waals surface area contributed by atoms with Crippen molar-refractivity contribution in [3.05, 3.63) is 0 Å². The van der Waals surface area contributed by atoms with Gasteiger partial charge in [-0.05, 0) is 13.8 Å². The number of rotatable bonds is 2. The van der Waals surface area contributed by atoms with Gasteiger partial charge in [-0.3, -0.25) is 4.79 Å². The van der Waals surface area contributed by atoms with Crippen LogP contribution in [-0.2, 0) is 14.8 Å². The molecule has 0 aliphatic carbocycles. The van der Waals surface area contributed by atoms with Gasteiger partial charge in [0, 0.05) is 26.1 Å². The lowest BCUT2D eigenvalue weighted by atomic mass is 10.4. The number of carbonyl (C=O) groups excluding carboxylic acids is 1. The first-order valence-electron chi connectivity index (χ1n) is 4.70. The molecule has 5 nitrogen and oxygen atoms in total. The highest BCUT2D eigenvalue weighted by atomic mass is 32.2. The standard InChI is InChI=1S/C8H16N2O3S/c1-7(2)14(12,13)10-5-3-8(11)9-4-6-10/h7H,3-6H2,1-2H3,(H,9,11). The smallest absolute Gasteiger partial charge is 0.221 e. The molecule has 0 unspecified atom stereocenters. The molecule has 0 spiro atoms. The lowest BCUT2D eigenvalue weighted by molar-refractivity contribution is -0.120. The highest BCUT2D eigenvalue weighted by molar-refractivity contribution is 7.89. The van der Waals surface area contributed by atoms with Gasteiger partial charge in [-0.25, -0.2) is 8.42 Å². The average Bonchev–Trinajstić information content (AvgIpc) is 2.29. The molecule has 0 saturated carbocycles. The van der Waals surface area contributed by atoms with E-state index in [-0.39, 0.29) is 12.3 Å². The number of carbonyl (C=O) groups is 1. The van der Waals surface area contributed by atoms with Crippen LogP contribution in [0.3, 0.4) is 0 Å². The summed E-state index contributed by atoms with van der Waals surface area (Å²) >= 11 is 0. The van der Waals surface area contributed by atoms with E-state index in [9.17, 15) is 13.2 Å². The van der Waals surface area contributed by atoms with Gasteiger partial charge in [-0.1, -0.05) is 0 Å². The Morgan fingerprint density at radius 1 is 1.36 bits per heavy atom. The average molecular weight is 220 g/mol. The van der Waals surface area contributed by atoms with Gasteiger partial charge in [-0.2, -0.15) is 4.31 Å². The van der Waals surface area contributed by atoms with E-state index in [1.54, 1.807) is 13.8 Å². The van der Waals surface area contributed by atoms with E-state index in [1.807, 2.05) is 0 Å². The molecular weight excluding hydrogens is 204 g/mol. The van der Waals surface area contributed by atoms with Crippen LogP contribution in [-0.4, -0.2) is 43.5 Å². The van der Waals surface area contributed by atoms with Gasteiger partial charge < -0.3 is 5.32 Å². The second-order valence-electron chi connectivity index (χ2n) is 3.59. The summed E-state index contributed by atoms with van der Waals surface area (Å²) in [6, 6.07) is 0. The molecule has 6 heteroatoms. The Balaban J connectivity index is 2.74. The van der Waals surface area contributed by atoms with Crippen molar-refractivity contribution in [2.75, 3.05) is 19.6 Å². The summed E-state index contributed by atoms with van der Waals surface area (Å²) in [7, 11) is -3.21. The third-order valence-electron chi connectivity index (χ3n) is 2.23. The van der Waals surface area contributed by atoms with Crippen molar-refractivity contribution < 1.29 is 13.2 Å². The van der Waals surface area contributed by atoms with Crippen LogP contribution in [0.25, 0.3) is 0 Å². The number of nitrogens with zero attached hydrogens (tertiary/aromatic N) is 1. The van der Waals surface area contributed by atoms with Gasteiger partial charge in [0.1, 0.15) is 0 Å². The van der Waals surface area contributed by atoms with Crippen molar-refractivity contribution in [2.45, 2.75) is 25.5 Å². The van der Waals surface area contributed by atoms with Crippen molar-refractivity contribution >= 4 is 15.9 Å². The van der Waals surface area contributed by atoms with Gasteiger partial charge >= 0.3 is 0 Å². The zero-order chi connectivity index (χ0) is 10.8. The molecule has 1 aliphatic heterocycles. The zero-order valence-corrected chi connectivity index (χ0v) is 9.30. The molecule has 0 bridgehead atoms. The SMILES string of the molecule is CC(C)S(=O)(=O)N1CCNC(=O)CC1. The molecule has 1 N–H and O–H groups in total. The second-order valence-corrected chi connectivity index (χ2v) is 6.08.